The van der Waals surface area contributed by atoms with Gasteiger partial charge in [-0.2, -0.15) is 0 Å². The summed E-state index contributed by atoms with van der Waals surface area (Å²) in [6, 6.07) is 4.92. The third-order valence-electron chi connectivity index (χ3n) is 1.77. The highest BCUT2D eigenvalue weighted by molar-refractivity contribution is 5.54. The van der Waals surface area contributed by atoms with Crippen molar-refractivity contribution in [3.63, 3.8) is 0 Å². The Balaban J connectivity index is 2.53. The molecule has 0 heterocycles. The van der Waals surface area contributed by atoms with Crippen molar-refractivity contribution in [2.45, 2.75) is 19.8 Å². The second-order valence-corrected chi connectivity index (χ2v) is 2.92. The van der Waals surface area contributed by atoms with Crippen LogP contribution in [-0.2, 0) is 0 Å². The molecule has 0 aliphatic carbocycles. The molecule has 0 saturated heterocycles. The number of phenolic OH excluding ortho intramolecular Hbond substituents is 1. The van der Waals surface area contributed by atoms with Gasteiger partial charge in [-0.1, -0.05) is 13.3 Å². The molecule has 0 aromatic heterocycles. The summed E-state index contributed by atoms with van der Waals surface area (Å²) in [6.45, 7) is 2.78. The van der Waals surface area contributed by atoms with Gasteiger partial charge in [0.25, 0.3) is 0 Å². The lowest BCUT2D eigenvalue weighted by Gasteiger charge is -2.06. The molecule has 3 nitrogen and oxygen atoms in total. The number of anilines is 1. The van der Waals surface area contributed by atoms with E-state index in [0.717, 1.165) is 12.8 Å². The highest BCUT2D eigenvalue weighted by Gasteiger charge is 1.98. The van der Waals surface area contributed by atoms with Crippen LogP contribution in [0.25, 0.3) is 0 Å². The van der Waals surface area contributed by atoms with Crippen molar-refractivity contribution in [2.24, 2.45) is 0 Å². The molecule has 1 rings (SSSR count). The van der Waals surface area contributed by atoms with Crippen molar-refractivity contribution in [2.75, 3.05) is 12.3 Å². The Kier molecular flexibility index (Phi) is 3.43. The lowest BCUT2D eigenvalue weighted by atomic mass is 10.3. The van der Waals surface area contributed by atoms with E-state index in [-0.39, 0.29) is 5.75 Å². The monoisotopic (exact) mass is 181 g/mol. The number of rotatable bonds is 4. The quantitative estimate of drug-likeness (QED) is 0.425. The fourth-order valence-electron chi connectivity index (χ4n) is 0.948. The molecule has 72 valence electrons. The molecule has 0 spiro atoms. The molecule has 1 aromatic carbocycles. The SMILES string of the molecule is CCCCOc1ccc(N)c(O)c1. The molecule has 0 atom stereocenters. The van der Waals surface area contributed by atoms with Gasteiger partial charge in [-0.3, -0.25) is 0 Å². The van der Waals surface area contributed by atoms with Crippen LogP contribution in [0.15, 0.2) is 18.2 Å². The molecule has 0 aliphatic rings. The minimum absolute atomic E-state index is 0.0778. The van der Waals surface area contributed by atoms with Gasteiger partial charge < -0.3 is 15.6 Å². The largest absolute Gasteiger partial charge is 0.506 e. The molecule has 1 aromatic rings. The molecular formula is C10H15NO2. The predicted octanol–water partition coefficient (Wildman–Crippen LogP) is 2.15. The Hall–Kier alpha value is -1.38. The van der Waals surface area contributed by atoms with Crippen molar-refractivity contribution in [3.05, 3.63) is 18.2 Å². The standard InChI is InChI=1S/C10H15NO2/c1-2-3-6-13-8-4-5-9(11)10(12)7-8/h4-5,7,12H,2-3,6,11H2,1H3. The Morgan fingerprint density at radius 1 is 1.46 bits per heavy atom. The van der Waals surface area contributed by atoms with E-state index in [1.807, 2.05) is 0 Å². The van der Waals surface area contributed by atoms with Crippen LogP contribution in [0.4, 0.5) is 5.69 Å². The van der Waals surface area contributed by atoms with Crippen molar-refractivity contribution >= 4 is 5.69 Å². The number of ether oxygens (including phenoxy) is 1. The van der Waals surface area contributed by atoms with Crippen LogP contribution in [0.3, 0.4) is 0 Å². The Labute approximate surface area is 78.1 Å². The molecule has 3 N–H and O–H groups in total. The van der Waals surface area contributed by atoms with E-state index in [9.17, 15) is 5.11 Å². The van der Waals surface area contributed by atoms with E-state index in [1.54, 1.807) is 12.1 Å². The Morgan fingerprint density at radius 3 is 2.85 bits per heavy atom. The van der Waals surface area contributed by atoms with Crippen molar-refractivity contribution in [3.8, 4) is 11.5 Å². The Morgan fingerprint density at radius 2 is 2.23 bits per heavy atom. The summed E-state index contributed by atoms with van der Waals surface area (Å²) in [5, 5.41) is 9.25. The summed E-state index contributed by atoms with van der Waals surface area (Å²) in [4.78, 5) is 0. The molecule has 0 saturated carbocycles. The fraction of sp³-hybridized carbons (Fsp3) is 0.400. The predicted molar refractivity (Wildman–Crippen MR) is 52.9 cm³/mol. The zero-order chi connectivity index (χ0) is 9.68. The minimum atomic E-state index is 0.0778. The molecule has 0 aliphatic heterocycles. The molecular weight excluding hydrogens is 166 g/mol. The van der Waals surface area contributed by atoms with Gasteiger partial charge in [0, 0.05) is 6.07 Å². The van der Waals surface area contributed by atoms with Crippen LogP contribution < -0.4 is 10.5 Å². The summed E-state index contributed by atoms with van der Waals surface area (Å²) >= 11 is 0. The smallest absolute Gasteiger partial charge is 0.142 e. The summed E-state index contributed by atoms with van der Waals surface area (Å²) in [6.07, 6.45) is 2.12. The molecule has 0 amide bonds. The zero-order valence-electron chi connectivity index (χ0n) is 7.79. The summed E-state index contributed by atoms with van der Waals surface area (Å²) in [5.41, 5.74) is 5.82. The van der Waals surface area contributed by atoms with Crippen molar-refractivity contribution < 1.29 is 9.84 Å². The first kappa shape index (κ1) is 9.71. The zero-order valence-corrected chi connectivity index (χ0v) is 7.79. The van der Waals surface area contributed by atoms with Gasteiger partial charge >= 0.3 is 0 Å². The Bertz CT molecular complexity index is 274. The lowest BCUT2D eigenvalue weighted by Crippen LogP contribution is -1.96. The number of aromatic hydroxyl groups is 1. The number of nitrogens with two attached hydrogens (primary N) is 1. The van der Waals surface area contributed by atoms with Gasteiger partial charge in [0.05, 0.1) is 12.3 Å². The van der Waals surface area contributed by atoms with E-state index in [1.165, 1.54) is 6.07 Å². The van der Waals surface area contributed by atoms with Gasteiger partial charge in [-0.05, 0) is 18.6 Å². The second-order valence-electron chi connectivity index (χ2n) is 2.92. The van der Waals surface area contributed by atoms with Gasteiger partial charge in [-0.15, -0.1) is 0 Å². The molecule has 0 radical (unpaired) electrons. The maximum absolute atomic E-state index is 9.25. The number of phenols is 1. The molecule has 13 heavy (non-hydrogen) atoms. The normalized spacial score (nSPS) is 9.92. The molecule has 0 fully saturated rings. The van der Waals surface area contributed by atoms with E-state index < -0.39 is 0 Å². The van der Waals surface area contributed by atoms with Crippen LogP contribution in [0.1, 0.15) is 19.8 Å². The highest BCUT2D eigenvalue weighted by Crippen LogP contribution is 2.25. The number of hydrogen-bond acceptors (Lipinski definition) is 3. The van der Waals surface area contributed by atoms with Crippen LogP contribution >= 0.6 is 0 Å². The van der Waals surface area contributed by atoms with E-state index in [2.05, 4.69) is 6.92 Å². The van der Waals surface area contributed by atoms with Crippen molar-refractivity contribution in [1.82, 2.24) is 0 Å². The first-order valence-corrected chi connectivity index (χ1v) is 4.45. The lowest BCUT2D eigenvalue weighted by molar-refractivity contribution is 0.308. The highest BCUT2D eigenvalue weighted by atomic mass is 16.5. The average Bonchev–Trinajstić information content (AvgIpc) is 2.12. The third-order valence-corrected chi connectivity index (χ3v) is 1.77. The van der Waals surface area contributed by atoms with Gasteiger partial charge in [0.1, 0.15) is 11.5 Å². The van der Waals surface area contributed by atoms with Gasteiger partial charge in [0.15, 0.2) is 0 Å². The summed E-state index contributed by atoms with van der Waals surface area (Å²) in [7, 11) is 0. The minimum Gasteiger partial charge on any atom is -0.506 e. The summed E-state index contributed by atoms with van der Waals surface area (Å²) < 4.78 is 5.37. The van der Waals surface area contributed by atoms with Gasteiger partial charge in [-0.25, -0.2) is 0 Å². The average molecular weight is 181 g/mol. The molecule has 0 bridgehead atoms. The third kappa shape index (κ3) is 2.86. The van der Waals surface area contributed by atoms with Gasteiger partial charge in [0.2, 0.25) is 0 Å². The second kappa shape index (κ2) is 4.60. The molecule has 3 heteroatoms. The number of benzene rings is 1. The van der Waals surface area contributed by atoms with E-state index in [4.69, 9.17) is 10.5 Å². The first-order chi connectivity index (χ1) is 6.24. The number of nitrogen functional groups attached to an aromatic ring is 1. The van der Waals surface area contributed by atoms with E-state index in [0.29, 0.717) is 18.0 Å². The van der Waals surface area contributed by atoms with Crippen LogP contribution in [-0.4, -0.2) is 11.7 Å². The van der Waals surface area contributed by atoms with Crippen LogP contribution in [0.2, 0.25) is 0 Å². The first-order valence-electron chi connectivity index (χ1n) is 4.45. The van der Waals surface area contributed by atoms with Crippen LogP contribution in [0.5, 0.6) is 11.5 Å². The topological polar surface area (TPSA) is 55.5 Å². The number of unbranched alkanes of at least 4 members (excludes halogenated alkanes) is 1. The number of hydrogen-bond donors (Lipinski definition) is 2. The van der Waals surface area contributed by atoms with Crippen molar-refractivity contribution in [1.29, 1.82) is 0 Å². The van der Waals surface area contributed by atoms with Crippen LogP contribution in [0, 0.1) is 0 Å². The molecule has 0 unspecified atom stereocenters. The fourth-order valence-corrected chi connectivity index (χ4v) is 0.948. The maximum Gasteiger partial charge on any atom is 0.142 e. The van der Waals surface area contributed by atoms with E-state index >= 15 is 0 Å². The maximum atomic E-state index is 9.25. The summed E-state index contributed by atoms with van der Waals surface area (Å²) in [5.74, 6) is 0.745.